The van der Waals surface area contributed by atoms with Crippen LogP contribution in [0.15, 0.2) is 30.3 Å². The van der Waals surface area contributed by atoms with Crippen LogP contribution >= 0.6 is 22.9 Å². The van der Waals surface area contributed by atoms with Crippen molar-refractivity contribution < 1.29 is 23.5 Å². The molecule has 0 bridgehead atoms. The standard InChI is InChI=1S/C23H26ClFN4O4S/c1-2-28(14-3-4-14)18(12-26-23(32)19-7-8-20(24)34-19)22(31)27-17-6-5-15(11-16(17)25)29-9-10-33-13-21(29)30/h5-8,11,14,18H,2-4,9-10,12-13H2,1H3,(H,26,32)(H,27,31)/t18-/m1/s1. The van der Waals surface area contributed by atoms with Gasteiger partial charge in [-0.25, -0.2) is 4.39 Å². The van der Waals surface area contributed by atoms with Crippen LogP contribution in [-0.4, -0.2) is 67.6 Å². The molecule has 34 heavy (non-hydrogen) atoms. The first-order chi connectivity index (χ1) is 16.4. The number of nitrogens with zero attached hydrogens (tertiary/aromatic N) is 2. The maximum atomic E-state index is 14.9. The number of anilines is 2. The van der Waals surface area contributed by atoms with Crippen molar-refractivity contribution in [3.8, 4) is 0 Å². The summed E-state index contributed by atoms with van der Waals surface area (Å²) >= 11 is 7.08. The number of carbonyl (C=O) groups is 3. The van der Waals surface area contributed by atoms with Gasteiger partial charge in [0.05, 0.1) is 21.5 Å². The minimum atomic E-state index is -0.670. The number of hydrogen-bond donors (Lipinski definition) is 2. The number of carbonyl (C=O) groups excluding carboxylic acids is 3. The van der Waals surface area contributed by atoms with E-state index in [9.17, 15) is 18.8 Å². The van der Waals surface area contributed by atoms with Gasteiger partial charge in [-0.1, -0.05) is 18.5 Å². The van der Waals surface area contributed by atoms with Crippen LogP contribution in [0.25, 0.3) is 0 Å². The summed E-state index contributed by atoms with van der Waals surface area (Å²) in [6, 6.07) is 7.13. The third kappa shape index (κ3) is 5.75. The van der Waals surface area contributed by atoms with Crippen molar-refractivity contribution in [1.82, 2.24) is 10.2 Å². The number of thiophene rings is 1. The maximum absolute atomic E-state index is 14.9. The second-order valence-corrected chi connectivity index (χ2v) is 9.86. The van der Waals surface area contributed by atoms with Gasteiger partial charge in [0, 0.05) is 24.8 Å². The fourth-order valence-electron chi connectivity index (χ4n) is 3.99. The van der Waals surface area contributed by atoms with E-state index in [1.807, 2.05) is 11.8 Å². The van der Waals surface area contributed by atoms with Crippen LogP contribution in [0.4, 0.5) is 15.8 Å². The van der Waals surface area contributed by atoms with Crippen LogP contribution < -0.4 is 15.5 Å². The molecule has 1 saturated heterocycles. The summed E-state index contributed by atoms with van der Waals surface area (Å²) in [6.45, 7) is 3.32. The van der Waals surface area contributed by atoms with Crippen molar-refractivity contribution in [2.75, 3.05) is 43.1 Å². The number of benzene rings is 1. The average Bonchev–Trinajstić information content (AvgIpc) is 3.57. The maximum Gasteiger partial charge on any atom is 0.261 e. The number of halogens is 2. The van der Waals surface area contributed by atoms with E-state index in [-0.39, 0.29) is 36.7 Å². The lowest BCUT2D eigenvalue weighted by Gasteiger charge is -2.30. The number of hydrogen-bond acceptors (Lipinski definition) is 6. The molecule has 0 spiro atoms. The summed E-state index contributed by atoms with van der Waals surface area (Å²) in [7, 11) is 0. The zero-order chi connectivity index (χ0) is 24.2. The Bertz CT molecular complexity index is 1080. The van der Waals surface area contributed by atoms with Gasteiger partial charge in [0.15, 0.2) is 0 Å². The molecule has 1 saturated carbocycles. The van der Waals surface area contributed by atoms with Crippen molar-refractivity contribution >= 4 is 52.0 Å². The molecule has 1 aromatic carbocycles. The van der Waals surface area contributed by atoms with Crippen molar-refractivity contribution in [2.24, 2.45) is 0 Å². The van der Waals surface area contributed by atoms with E-state index in [1.54, 1.807) is 18.2 Å². The molecule has 4 rings (SSSR count). The highest BCUT2D eigenvalue weighted by Gasteiger charge is 2.37. The fraction of sp³-hybridized carbons (Fsp3) is 0.435. The molecule has 2 heterocycles. The van der Waals surface area contributed by atoms with E-state index < -0.39 is 17.8 Å². The molecule has 2 fully saturated rings. The smallest absolute Gasteiger partial charge is 0.261 e. The van der Waals surface area contributed by atoms with Crippen molar-refractivity contribution in [3.63, 3.8) is 0 Å². The Hall–Kier alpha value is -2.53. The van der Waals surface area contributed by atoms with Crippen LogP contribution in [0.5, 0.6) is 0 Å². The number of amides is 3. The van der Waals surface area contributed by atoms with Gasteiger partial charge in [0.1, 0.15) is 18.5 Å². The van der Waals surface area contributed by atoms with Gasteiger partial charge in [0.25, 0.3) is 11.8 Å². The average molecular weight is 509 g/mol. The Morgan fingerprint density at radius 2 is 2.12 bits per heavy atom. The topological polar surface area (TPSA) is 91.0 Å². The zero-order valence-corrected chi connectivity index (χ0v) is 20.3. The Morgan fingerprint density at radius 1 is 1.32 bits per heavy atom. The highest BCUT2D eigenvalue weighted by molar-refractivity contribution is 7.18. The molecule has 182 valence electrons. The molecular weight excluding hydrogens is 483 g/mol. The summed E-state index contributed by atoms with van der Waals surface area (Å²) in [5.74, 6) is -1.61. The van der Waals surface area contributed by atoms with Gasteiger partial charge < -0.3 is 20.3 Å². The van der Waals surface area contributed by atoms with Crippen molar-refractivity contribution in [3.05, 3.63) is 45.4 Å². The molecule has 8 nitrogen and oxygen atoms in total. The van der Waals surface area contributed by atoms with Gasteiger partial charge in [0.2, 0.25) is 5.91 Å². The van der Waals surface area contributed by atoms with Crippen LogP contribution in [-0.2, 0) is 14.3 Å². The van der Waals surface area contributed by atoms with Gasteiger partial charge in [-0.15, -0.1) is 11.3 Å². The first kappa shape index (κ1) is 24.6. The minimum absolute atomic E-state index is 0.0164. The first-order valence-electron chi connectivity index (χ1n) is 11.1. The van der Waals surface area contributed by atoms with Crippen molar-refractivity contribution in [2.45, 2.75) is 31.8 Å². The number of rotatable bonds is 9. The molecule has 1 atom stereocenters. The van der Waals surface area contributed by atoms with Crippen LogP contribution in [0.3, 0.4) is 0 Å². The van der Waals surface area contributed by atoms with E-state index in [0.29, 0.717) is 34.6 Å². The molecule has 11 heteroatoms. The Morgan fingerprint density at radius 3 is 2.74 bits per heavy atom. The Balaban J connectivity index is 1.46. The van der Waals surface area contributed by atoms with Gasteiger partial charge in [-0.2, -0.15) is 0 Å². The SMILES string of the molecule is CCN(C1CC1)[C@H](CNC(=O)c1ccc(Cl)s1)C(=O)Nc1ccc(N2CCOCC2=O)cc1F. The second kappa shape index (κ2) is 10.8. The normalized spacial score (nSPS) is 17.1. The summed E-state index contributed by atoms with van der Waals surface area (Å²) in [5.41, 5.74) is 0.429. The predicted molar refractivity (Wildman–Crippen MR) is 129 cm³/mol. The van der Waals surface area contributed by atoms with E-state index in [2.05, 4.69) is 10.6 Å². The highest BCUT2D eigenvalue weighted by Crippen LogP contribution is 2.29. The Kier molecular flexibility index (Phi) is 7.82. The Labute approximate surface area is 206 Å². The molecule has 1 aliphatic carbocycles. The summed E-state index contributed by atoms with van der Waals surface area (Å²) in [4.78, 5) is 41.7. The lowest BCUT2D eigenvalue weighted by molar-refractivity contribution is -0.125. The summed E-state index contributed by atoms with van der Waals surface area (Å²) < 4.78 is 20.5. The zero-order valence-electron chi connectivity index (χ0n) is 18.7. The molecule has 2 aliphatic rings. The third-order valence-corrected chi connectivity index (χ3v) is 7.07. The van der Waals surface area contributed by atoms with Crippen molar-refractivity contribution in [1.29, 1.82) is 0 Å². The number of morpholine rings is 1. The van der Waals surface area contributed by atoms with Gasteiger partial charge >= 0.3 is 0 Å². The molecule has 3 amide bonds. The molecule has 1 aliphatic heterocycles. The first-order valence-corrected chi connectivity index (χ1v) is 12.3. The second-order valence-electron chi connectivity index (χ2n) is 8.14. The molecule has 2 N–H and O–H groups in total. The quantitative estimate of drug-likeness (QED) is 0.543. The van der Waals surface area contributed by atoms with Crippen LogP contribution in [0.2, 0.25) is 4.34 Å². The molecule has 1 aromatic heterocycles. The predicted octanol–water partition coefficient (Wildman–Crippen LogP) is 3.13. The van der Waals surface area contributed by atoms with Gasteiger partial charge in [-0.3, -0.25) is 19.3 Å². The molecule has 2 aromatic rings. The monoisotopic (exact) mass is 508 g/mol. The summed E-state index contributed by atoms with van der Waals surface area (Å²) in [5, 5.41) is 5.47. The van der Waals surface area contributed by atoms with E-state index >= 15 is 0 Å². The molecule has 0 radical (unpaired) electrons. The summed E-state index contributed by atoms with van der Waals surface area (Å²) in [6.07, 6.45) is 1.95. The number of nitrogens with one attached hydrogen (secondary N) is 2. The fourth-order valence-corrected chi connectivity index (χ4v) is 4.95. The van der Waals surface area contributed by atoms with Crippen LogP contribution in [0.1, 0.15) is 29.4 Å². The lowest BCUT2D eigenvalue weighted by atomic mass is 10.2. The molecule has 0 unspecified atom stereocenters. The molecular formula is C23H26ClFN4O4S. The highest BCUT2D eigenvalue weighted by atomic mass is 35.5. The lowest BCUT2D eigenvalue weighted by Crippen LogP contribution is -2.51. The van der Waals surface area contributed by atoms with E-state index in [1.165, 1.54) is 17.0 Å². The van der Waals surface area contributed by atoms with Gasteiger partial charge in [-0.05, 0) is 49.7 Å². The largest absolute Gasteiger partial charge is 0.370 e. The van der Waals surface area contributed by atoms with Crippen LogP contribution in [0, 0.1) is 5.82 Å². The third-order valence-electron chi connectivity index (χ3n) is 5.85. The van der Waals surface area contributed by atoms with E-state index in [4.69, 9.17) is 16.3 Å². The van der Waals surface area contributed by atoms with E-state index in [0.717, 1.165) is 24.2 Å². The minimum Gasteiger partial charge on any atom is -0.370 e. The number of likely N-dealkylation sites (N-methyl/N-ethyl adjacent to an activating group) is 1. The number of ether oxygens (including phenoxy) is 1.